The lowest BCUT2D eigenvalue weighted by Crippen LogP contribution is -2.56. The number of aryl methyl sites for hydroxylation is 1. The van der Waals surface area contributed by atoms with Gasteiger partial charge < -0.3 is 9.47 Å². The predicted molar refractivity (Wildman–Crippen MR) is 125 cm³/mol. The van der Waals surface area contributed by atoms with E-state index >= 15 is 0 Å². The molecule has 8 heteroatoms. The Labute approximate surface area is 202 Å². The molecule has 0 radical (unpaired) electrons. The van der Waals surface area contributed by atoms with E-state index in [-0.39, 0.29) is 22.6 Å². The largest absolute Gasteiger partial charge is 0.459 e. The summed E-state index contributed by atoms with van der Waals surface area (Å²) in [5.74, 6) is -0.868. The summed E-state index contributed by atoms with van der Waals surface area (Å²) < 4.78 is 44.5. The molecule has 0 amide bonds. The highest BCUT2D eigenvalue weighted by molar-refractivity contribution is 7.86. The molecule has 34 heavy (non-hydrogen) atoms. The van der Waals surface area contributed by atoms with E-state index in [1.54, 1.807) is 12.1 Å². The van der Waals surface area contributed by atoms with Crippen molar-refractivity contribution in [1.29, 1.82) is 0 Å². The number of rotatable bonds is 5. The van der Waals surface area contributed by atoms with E-state index in [1.807, 2.05) is 27.7 Å². The first-order chi connectivity index (χ1) is 15.7. The van der Waals surface area contributed by atoms with Crippen LogP contribution >= 0.6 is 0 Å². The SMILES string of the molecule is C=C1C[C@@H]2C[C@@H]3[C@H]1[C@@]2(C)[C@H](OC(C)=O)[C@@H](OS(=O)(=O)c1ccc(C)cc1)[C@@H](OC(C)=O)C3(C)C. The van der Waals surface area contributed by atoms with Crippen LogP contribution < -0.4 is 0 Å². The summed E-state index contributed by atoms with van der Waals surface area (Å²) in [5, 5.41) is 0. The molecule has 1 aromatic carbocycles. The lowest BCUT2D eigenvalue weighted by atomic mass is 9.66. The van der Waals surface area contributed by atoms with Gasteiger partial charge in [0.25, 0.3) is 10.1 Å². The average molecular weight is 491 g/mol. The van der Waals surface area contributed by atoms with Crippen LogP contribution in [0.25, 0.3) is 0 Å². The van der Waals surface area contributed by atoms with Crippen molar-refractivity contribution in [1.82, 2.24) is 0 Å². The van der Waals surface area contributed by atoms with Crippen molar-refractivity contribution >= 4 is 22.1 Å². The van der Waals surface area contributed by atoms with Crippen molar-refractivity contribution < 1.29 is 31.7 Å². The lowest BCUT2D eigenvalue weighted by Gasteiger charge is -2.46. The van der Waals surface area contributed by atoms with E-state index in [9.17, 15) is 18.0 Å². The third kappa shape index (κ3) is 3.79. The van der Waals surface area contributed by atoms with E-state index in [0.717, 1.165) is 24.0 Å². The van der Waals surface area contributed by atoms with E-state index in [1.165, 1.54) is 26.0 Å². The van der Waals surface area contributed by atoms with Gasteiger partial charge in [-0.05, 0) is 49.7 Å². The molecule has 0 spiro atoms. The molecule has 1 aromatic rings. The molecule has 186 valence electrons. The maximum atomic E-state index is 13.4. The maximum absolute atomic E-state index is 13.4. The Morgan fingerprint density at radius 3 is 2.12 bits per heavy atom. The number of ether oxygens (including phenoxy) is 2. The number of esters is 2. The third-order valence-corrected chi connectivity index (χ3v) is 9.80. The zero-order chi connectivity index (χ0) is 25.2. The van der Waals surface area contributed by atoms with Crippen LogP contribution in [-0.2, 0) is 33.4 Å². The second-order valence-electron chi connectivity index (χ2n) is 11.0. The number of carbonyl (C=O) groups excluding carboxylic acids is 2. The van der Waals surface area contributed by atoms with Crippen LogP contribution in [0, 0.1) is 35.5 Å². The van der Waals surface area contributed by atoms with Crippen LogP contribution in [0.4, 0.5) is 0 Å². The molecule has 4 bridgehead atoms. The molecule has 7 atom stereocenters. The Kier molecular flexibility index (Phi) is 6.00. The fraction of sp³-hybridized carbons (Fsp3) is 0.615. The van der Waals surface area contributed by atoms with Gasteiger partial charge in [-0.1, -0.05) is 50.6 Å². The molecule has 0 unspecified atom stereocenters. The Bertz CT molecular complexity index is 1120. The van der Waals surface area contributed by atoms with Crippen molar-refractivity contribution in [3.05, 3.63) is 42.0 Å². The molecule has 0 aromatic heterocycles. The first-order valence-corrected chi connectivity index (χ1v) is 13.1. The first kappa shape index (κ1) is 24.9. The van der Waals surface area contributed by atoms with E-state index in [0.29, 0.717) is 0 Å². The molecule has 0 N–H and O–H groups in total. The number of hydrogen-bond donors (Lipinski definition) is 0. The third-order valence-electron chi connectivity index (χ3n) is 8.47. The highest BCUT2D eigenvalue weighted by Gasteiger charge is 2.71. The molecule has 0 aliphatic heterocycles. The molecule has 4 rings (SSSR count). The molecule has 3 aliphatic carbocycles. The summed E-state index contributed by atoms with van der Waals surface area (Å²) >= 11 is 0. The second kappa shape index (κ2) is 8.19. The highest BCUT2D eigenvalue weighted by atomic mass is 32.2. The number of carbonyl (C=O) groups is 2. The molecular weight excluding hydrogens is 456 g/mol. The quantitative estimate of drug-likeness (QED) is 0.347. The average Bonchev–Trinajstić information content (AvgIpc) is 3.14. The van der Waals surface area contributed by atoms with Crippen LogP contribution in [0.2, 0.25) is 0 Å². The fourth-order valence-corrected chi connectivity index (χ4v) is 8.00. The predicted octanol–water partition coefficient (Wildman–Crippen LogP) is 4.19. The molecular formula is C26H34O7S. The minimum atomic E-state index is -4.26. The van der Waals surface area contributed by atoms with Gasteiger partial charge in [0.15, 0.2) is 6.10 Å². The van der Waals surface area contributed by atoms with Gasteiger partial charge in [-0.25, -0.2) is 0 Å². The summed E-state index contributed by atoms with van der Waals surface area (Å²) in [7, 11) is -4.26. The summed E-state index contributed by atoms with van der Waals surface area (Å²) in [5.41, 5.74) is 0.730. The highest BCUT2D eigenvalue weighted by Crippen LogP contribution is 2.71. The van der Waals surface area contributed by atoms with Crippen molar-refractivity contribution in [3.63, 3.8) is 0 Å². The van der Waals surface area contributed by atoms with Crippen molar-refractivity contribution in [3.8, 4) is 0 Å². The van der Waals surface area contributed by atoms with Gasteiger partial charge in [-0.15, -0.1) is 0 Å². The summed E-state index contributed by atoms with van der Waals surface area (Å²) in [6, 6.07) is 6.34. The van der Waals surface area contributed by atoms with Crippen LogP contribution in [0.3, 0.4) is 0 Å². The summed E-state index contributed by atoms with van der Waals surface area (Å²) in [4.78, 5) is 24.5. The Hall–Kier alpha value is -2.19. The number of allylic oxidation sites excluding steroid dienone is 1. The minimum Gasteiger partial charge on any atom is -0.459 e. The lowest BCUT2D eigenvalue weighted by molar-refractivity contribution is -0.188. The van der Waals surface area contributed by atoms with Crippen molar-refractivity contribution in [2.75, 3.05) is 0 Å². The Morgan fingerprint density at radius 2 is 1.56 bits per heavy atom. The van der Waals surface area contributed by atoms with Crippen LogP contribution in [0.5, 0.6) is 0 Å². The first-order valence-electron chi connectivity index (χ1n) is 11.7. The Morgan fingerprint density at radius 1 is 1.00 bits per heavy atom. The normalized spacial score (nSPS) is 36.1. The molecule has 7 nitrogen and oxygen atoms in total. The summed E-state index contributed by atoms with van der Waals surface area (Å²) in [6.07, 6.45) is -1.44. The van der Waals surface area contributed by atoms with E-state index < -0.39 is 51.2 Å². The maximum Gasteiger partial charge on any atom is 0.303 e. The van der Waals surface area contributed by atoms with Crippen LogP contribution in [0.1, 0.15) is 53.0 Å². The monoisotopic (exact) mass is 490 g/mol. The van der Waals surface area contributed by atoms with Gasteiger partial charge in [-0.2, -0.15) is 8.42 Å². The fourth-order valence-electron chi connectivity index (χ4n) is 6.92. The van der Waals surface area contributed by atoms with E-state index in [4.69, 9.17) is 13.7 Å². The second-order valence-corrected chi connectivity index (χ2v) is 12.5. The molecule has 3 fully saturated rings. The number of benzene rings is 1. The molecule has 3 saturated carbocycles. The standard InChI is InChI=1S/C26H34O7S/c1-14-8-10-19(11-9-14)34(29,30)33-22-23(31-16(3)27)25(5,6)20-13-18-12-15(2)21(20)26(18,7)24(22)32-17(4)28/h8-11,18,20-24H,2,12-13H2,1,3-7H3/t18-,20-,21+,22+,23-,24-,26+/m1/s1. The van der Waals surface area contributed by atoms with Gasteiger partial charge >= 0.3 is 11.9 Å². The minimum absolute atomic E-state index is 0.00834. The topological polar surface area (TPSA) is 96.0 Å². The number of hydrogen-bond acceptors (Lipinski definition) is 7. The van der Waals surface area contributed by atoms with Gasteiger partial charge in [0, 0.05) is 24.7 Å². The summed E-state index contributed by atoms with van der Waals surface area (Å²) in [6.45, 7) is 14.8. The van der Waals surface area contributed by atoms with Gasteiger partial charge in [0.1, 0.15) is 12.2 Å². The zero-order valence-electron chi connectivity index (χ0n) is 20.7. The smallest absolute Gasteiger partial charge is 0.303 e. The van der Waals surface area contributed by atoms with Crippen LogP contribution in [-0.4, -0.2) is 38.7 Å². The van der Waals surface area contributed by atoms with Gasteiger partial charge in [0.2, 0.25) is 0 Å². The van der Waals surface area contributed by atoms with Crippen molar-refractivity contribution in [2.45, 2.75) is 77.6 Å². The zero-order valence-corrected chi connectivity index (χ0v) is 21.5. The van der Waals surface area contributed by atoms with Gasteiger partial charge in [-0.3, -0.25) is 13.8 Å². The van der Waals surface area contributed by atoms with E-state index in [2.05, 4.69) is 6.58 Å². The van der Waals surface area contributed by atoms with Crippen LogP contribution in [0.15, 0.2) is 41.3 Å². The van der Waals surface area contributed by atoms with Gasteiger partial charge in [0.05, 0.1) is 4.90 Å². The Balaban J connectivity index is 1.89. The molecule has 0 heterocycles. The molecule has 0 saturated heterocycles. The molecule has 3 aliphatic rings. The van der Waals surface area contributed by atoms with Crippen molar-refractivity contribution in [2.24, 2.45) is 28.6 Å².